The molecule has 0 atom stereocenters. The molecular weight excluding hydrogens is 238 g/mol. The predicted octanol–water partition coefficient (Wildman–Crippen LogP) is 3.97. The first-order valence-corrected chi connectivity index (χ1v) is 6.29. The number of nitro groups is 1. The Morgan fingerprint density at radius 1 is 1.00 bits per heavy atom. The van der Waals surface area contributed by atoms with Crippen molar-refractivity contribution in [1.29, 1.82) is 0 Å². The van der Waals surface area contributed by atoms with Gasteiger partial charge < -0.3 is 0 Å². The Bertz CT molecular complexity index is 660. The smallest absolute Gasteiger partial charge is 0.258 e. The van der Waals surface area contributed by atoms with Crippen molar-refractivity contribution in [2.24, 2.45) is 0 Å². The Kier molecular flexibility index (Phi) is 2.88. The zero-order valence-electron chi connectivity index (χ0n) is 10.4. The summed E-state index contributed by atoms with van der Waals surface area (Å²) in [5.74, 6) is 0. The third-order valence-electron chi connectivity index (χ3n) is 3.47. The van der Waals surface area contributed by atoms with E-state index in [4.69, 9.17) is 0 Å². The van der Waals surface area contributed by atoms with Gasteiger partial charge in [-0.3, -0.25) is 10.1 Å². The minimum absolute atomic E-state index is 0.235. The van der Waals surface area contributed by atoms with Gasteiger partial charge in [-0.2, -0.15) is 0 Å². The summed E-state index contributed by atoms with van der Waals surface area (Å²) in [6.45, 7) is 0. The van der Waals surface area contributed by atoms with Gasteiger partial charge in [0.05, 0.1) is 4.92 Å². The molecule has 0 spiro atoms. The van der Waals surface area contributed by atoms with Gasteiger partial charge in [-0.05, 0) is 29.5 Å². The van der Waals surface area contributed by atoms with E-state index in [1.807, 2.05) is 36.4 Å². The third kappa shape index (κ3) is 2.03. The molecule has 3 rings (SSSR count). The van der Waals surface area contributed by atoms with Gasteiger partial charge in [-0.25, -0.2) is 0 Å². The maximum absolute atomic E-state index is 11.1. The van der Waals surface area contributed by atoms with Crippen LogP contribution in [0.5, 0.6) is 0 Å². The van der Waals surface area contributed by atoms with Gasteiger partial charge in [-0.1, -0.05) is 48.5 Å². The molecule has 0 heterocycles. The predicted molar refractivity (Wildman–Crippen MR) is 74.9 cm³/mol. The average molecular weight is 251 g/mol. The van der Waals surface area contributed by atoms with Gasteiger partial charge in [0.1, 0.15) is 0 Å². The van der Waals surface area contributed by atoms with E-state index >= 15 is 0 Å². The molecule has 0 amide bonds. The monoisotopic (exact) mass is 251 g/mol. The van der Waals surface area contributed by atoms with Crippen LogP contribution in [0.4, 0.5) is 5.69 Å². The SMILES string of the molecule is O=[N+]([O-])c1cccc2c1CCC=C2c1ccccc1. The Morgan fingerprint density at radius 3 is 2.53 bits per heavy atom. The van der Waals surface area contributed by atoms with E-state index in [-0.39, 0.29) is 10.6 Å². The summed E-state index contributed by atoms with van der Waals surface area (Å²) < 4.78 is 0. The molecular formula is C16H13NO2. The molecule has 0 radical (unpaired) electrons. The highest BCUT2D eigenvalue weighted by Gasteiger charge is 2.22. The van der Waals surface area contributed by atoms with Crippen LogP contribution in [-0.4, -0.2) is 4.92 Å². The van der Waals surface area contributed by atoms with Gasteiger partial charge in [-0.15, -0.1) is 0 Å². The molecule has 0 bridgehead atoms. The molecule has 3 nitrogen and oxygen atoms in total. The number of hydrogen-bond donors (Lipinski definition) is 0. The number of hydrogen-bond acceptors (Lipinski definition) is 2. The van der Waals surface area contributed by atoms with Crippen LogP contribution in [0.3, 0.4) is 0 Å². The summed E-state index contributed by atoms with van der Waals surface area (Å²) in [6.07, 6.45) is 3.76. The van der Waals surface area contributed by atoms with E-state index in [9.17, 15) is 10.1 Å². The first kappa shape index (κ1) is 11.7. The van der Waals surface area contributed by atoms with Crippen molar-refractivity contribution in [2.75, 3.05) is 0 Å². The second-order valence-electron chi connectivity index (χ2n) is 4.58. The van der Waals surface area contributed by atoms with Crippen LogP contribution < -0.4 is 0 Å². The van der Waals surface area contributed by atoms with E-state index in [2.05, 4.69) is 6.08 Å². The molecule has 3 heteroatoms. The average Bonchev–Trinajstić information content (AvgIpc) is 2.46. The van der Waals surface area contributed by atoms with Crippen LogP contribution in [0.2, 0.25) is 0 Å². The summed E-state index contributed by atoms with van der Waals surface area (Å²) in [5, 5.41) is 11.1. The lowest BCUT2D eigenvalue weighted by molar-refractivity contribution is -0.385. The van der Waals surface area contributed by atoms with Gasteiger partial charge in [0.25, 0.3) is 5.69 Å². The number of fused-ring (bicyclic) bond motifs is 1. The molecule has 0 N–H and O–H groups in total. The summed E-state index contributed by atoms with van der Waals surface area (Å²) in [6, 6.07) is 15.4. The van der Waals surface area contributed by atoms with E-state index in [0.29, 0.717) is 0 Å². The largest absolute Gasteiger partial charge is 0.273 e. The number of nitrogens with zero attached hydrogens (tertiary/aromatic N) is 1. The molecule has 1 aliphatic rings. The Balaban J connectivity index is 2.16. The summed E-state index contributed by atoms with van der Waals surface area (Å²) in [4.78, 5) is 10.8. The van der Waals surface area contributed by atoms with E-state index in [1.165, 1.54) is 0 Å². The quantitative estimate of drug-likeness (QED) is 0.598. The molecule has 0 aromatic heterocycles. The molecule has 0 unspecified atom stereocenters. The van der Waals surface area contributed by atoms with Crippen molar-refractivity contribution in [3.05, 3.63) is 81.4 Å². The van der Waals surface area contributed by atoms with Crippen LogP contribution in [0.25, 0.3) is 5.57 Å². The molecule has 2 aromatic carbocycles. The molecule has 2 aromatic rings. The summed E-state index contributed by atoms with van der Waals surface area (Å²) >= 11 is 0. The van der Waals surface area contributed by atoms with Gasteiger partial charge in [0, 0.05) is 11.6 Å². The lowest BCUT2D eigenvalue weighted by Crippen LogP contribution is -2.04. The summed E-state index contributed by atoms with van der Waals surface area (Å²) in [5.41, 5.74) is 4.30. The molecule has 94 valence electrons. The molecule has 1 aliphatic carbocycles. The molecule has 19 heavy (non-hydrogen) atoms. The van der Waals surface area contributed by atoms with Crippen LogP contribution in [0.1, 0.15) is 23.1 Å². The fourth-order valence-electron chi connectivity index (χ4n) is 2.62. The van der Waals surface area contributed by atoms with Crippen molar-refractivity contribution in [3.63, 3.8) is 0 Å². The van der Waals surface area contributed by atoms with Crippen LogP contribution in [0.15, 0.2) is 54.6 Å². The van der Waals surface area contributed by atoms with Crippen molar-refractivity contribution in [2.45, 2.75) is 12.8 Å². The van der Waals surface area contributed by atoms with Crippen LogP contribution in [-0.2, 0) is 6.42 Å². The molecule has 0 saturated heterocycles. The normalized spacial score (nSPS) is 13.6. The minimum Gasteiger partial charge on any atom is -0.258 e. The first-order chi connectivity index (χ1) is 9.27. The Labute approximate surface area is 111 Å². The van der Waals surface area contributed by atoms with Crippen molar-refractivity contribution in [3.8, 4) is 0 Å². The first-order valence-electron chi connectivity index (χ1n) is 6.29. The number of nitro benzene ring substituents is 1. The standard InChI is InChI=1S/C16H13NO2/c18-17(19)16-11-5-9-14-13(8-4-10-15(14)16)12-6-2-1-3-7-12/h1-3,5-9,11H,4,10H2. The van der Waals surface area contributed by atoms with Gasteiger partial charge in [0.2, 0.25) is 0 Å². The zero-order valence-corrected chi connectivity index (χ0v) is 10.4. The fraction of sp³-hybridized carbons (Fsp3) is 0.125. The molecule has 0 saturated carbocycles. The fourth-order valence-corrected chi connectivity index (χ4v) is 2.62. The highest BCUT2D eigenvalue weighted by atomic mass is 16.6. The third-order valence-corrected chi connectivity index (χ3v) is 3.47. The van der Waals surface area contributed by atoms with Crippen LogP contribution >= 0.6 is 0 Å². The van der Waals surface area contributed by atoms with Gasteiger partial charge in [0.15, 0.2) is 0 Å². The van der Waals surface area contributed by atoms with Crippen LogP contribution in [0, 0.1) is 10.1 Å². The van der Waals surface area contributed by atoms with E-state index in [1.54, 1.807) is 12.1 Å². The molecule has 0 aliphatic heterocycles. The minimum atomic E-state index is -0.285. The second-order valence-corrected chi connectivity index (χ2v) is 4.58. The van der Waals surface area contributed by atoms with E-state index in [0.717, 1.165) is 35.1 Å². The summed E-state index contributed by atoms with van der Waals surface area (Å²) in [7, 11) is 0. The van der Waals surface area contributed by atoms with Gasteiger partial charge >= 0.3 is 0 Å². The number of allylic oxidation sites excluding steroid dienone is 1. The lowest BCUT2D eigenvalue weighted by Gasteiger charge is -2.17. The maximum Gasteiger partial charge on any atom is 0.273 e. The van der Waals surface area contributed by atoms with Crippen molar-refractivity contribution in [1.82, 2.24) is 0 Å². The second kappa shape index (κ2) is 4.69. The van der Waals surface area contributed by atoms with E-state index < -0.39 is 0 Å². The number of rotatable bonds is 2. The number of benzene rings is 2. The Hall–Kier alpha value is -2.42. The highest BCUT2D eigenvalue weighted by Crippen LogP contribution is 2.35. The highest BCUT2D eigenvalue weighted by molar-refractivity contribution is 5.84. The lowest BCUT2D eigenvalue weighted by atomic mass is 9.86. The molecule has 0 fully saturated rings. The maximum atomic E-state index is 11.1. The zero-order chi connectivity index (χ0) is 13.2. The van der Waals surface area contributed by atoms with Crippen molar-refractivity contribution >= 4 is 11.3 Å². The van der Waals surface area contributed by atoms with Crippen molar-refractivity contribution < 1.29 is 4.92 Å². The topological polar surface area (TPSA) is 43.1 Å². The Morgan fingerprint density at radius 2 is 1.79 bits per heavy atom.